The van der Waals surface area contributed by atoms with Gasteiger partial charge < -0.3 is 10.2 Å². The quantitative estimate of drug-likeness (QED) is 0.604. The van der Waals surface area contributed by atoms with Crippen LogP contribution in [0.3, 0.4) is 0 Å². The molecule has 0 aromatic rings. The molecule has 12 heavy (non-hydrogen) atoms. The highest BCUT2D eigenvalue weighted by atomic mass is 16.4. The molecule has 0 saturated carbocycles. The first-order valence-electron chi connectivity index (χ1n) is 4.18. The molecular weight excluding hydrogens is 158 g/mol. The summed E-state index contributed by atoms with van der Waals surface area (Å²) in [6, 6.07) is -0.000324. The van der Waals surface area contributed by atoms with Crippen LogP contribution in [0.4, 0.5) is 0 Å². The van der Waals surface area contributed by atoms with Gasteiger partial charge in [-0.25, -0.2) is 0 Å². The molecule has 4 heteroatoms. The van der Waals surface area contributed by atoms with Crippen LogP contribution < -0.4 is 0 Å². The Balaban J connectivity index is 3.84. The Morgan fingerprint density at radius 2 is 2.17 bits per heavy atom. The van der Waals surface area contributed by atoms with Crippen molar-refractivity contribution in [1.29, 1.82) is 0 Å². The van der Waals surface area contributed by atoms with Crippen molar-refractivity contribution in [1.82, 2.24) is 4.90 Å². The van der Waals surface area contributed by atoms with Crippen molar-refractivity contribution in [3.63, 3.8) is 0 Å². The maximum Gasteiger partial charge on any atom is 0.304 e. The van der Waals surface area contributed by atoms with Crippen molar-refractivity contribution in [3.05, 3.63) is 0 Å². The number of aliphatic carboxylic acids is 1. The molecule has 0 rings (SSSR count). The Morgan fingerprint density at radius 1 is 1.58 bits per heavy atom. The second-order valence-electron chi connectivity index (χ2n) is 2.80. The molecule has 0 aliphatic rings. The van der Waals surface area contributed by atoms with Gasteiger partial charge in [0.2, 0.25) is 0 Å². The lowest BCUT2D eigenvalue weighted by Gasteiger charge is -2.25. The highest BCUT2D eigenvalue weighted by Crippen LogP contribution is 2.02. The molecule has 2 N–H and O–H groups in total. The van der Waals surface area contributed by atoms with Gasteiger partial charge in [0.1, 0.15) is 0 Å². The molecule has 0 amide bonds. The van der Waals surface area contributed by atoms with Crippen LogP contribution in [0.5, 0.6) is 0 Å². The standard InChI is InChI=1S/C8H17NO3/c1-3-9(4-5-10)7(2)6-8(11)12/h7,10H,3-6H2,1-2H3,(H,11,12). The molecule has 0 saturated heterocycles. The van der Waals surface area contributed by atoms with Crippen LogP contribution in [0, 0.1) is 0 Å². The van der Waals surface area contributed by atoms with E-state index in [1.807, 2.05) is 18.7 Å². The van der Waals surface area contributed by atoms with Crippen LogP contribution in [0.15, 0.2) is 0 Å². The Morgan fingerprint density at radius 3 is 2.50 bits per heavy atom. The van der Waals surface area contributed by atoms with Gasteiger partial charge in [0, 0.05) is 12.6 Å². The zero-order valence-corrected chi connectivity index (χ0v) is 7.66. The summed E-state index contributed by atoms with van der Waals surface area (Å²) >= 11 is 0. The van der Waals surface area contributed by atoms with Crippen molar-refractivity contribution in [2.75, 3.05) is 19.7 Å². The van der Waals surface area contributed by atoms with E-state index >= 15 is 0 Å². The number of nitrogens with zero attached hydrogens (tertiary/aromatic N) is 1. The molecule has 0 aromatic heterocycles. The van der Waals surface area contributed by atoms with Crippen molar-refractivity contribution >= 4 is 5.97 Å². The minimum Gasteiger partial charge on any atom is -0.481 e. The van der Waals surface area contributed by atoms with Gasteiger partial charge in [-0.15, -0.1) is 0 Å². The third-order valence-electron chi connectivity index (χ3n) is 1.89. The van der Waals surface area contributed by atoms with Gasteiger partial charge in [-0.3, -0.25) is 9.69 Å². The Bertz CT molecular complexity index is 138. The number of carboxylic acids is 1. The summed E-state index contributed by atoms with van der Waals surface area (Å²) in [6.45, 7) is 5.21. The summed E-state index contributed by atoms with van der Waals surface area (Å²) in [6.07, 6.45) is 0.133. The van der Waals surface area contributed by atoms with Crippen LogP contribution in [0.2, 0.25) is 0 Å². The second kappa shape index (κ2) is 5.97. The molecular formula is C8H17NO3. The van der Waals surface area contributed by atoms with Crippen LogP contribution in [0.1, 0.15) is 20.3 Å². The molecule has 4 nitrogen and oxygen atoms in total. The first-order valence-corrected chi connectivity index (χ1v) is 4.18. The maximum absolute atomic E-state index is 10.3. The van der Waals surface area contributed by atoms with Gasteiger partial charge in [-0.1, -0.05) is 6.92 Å². The fourth-order valence-corrected chi connectivity index (χ4v) is 1.20. The fourth-order valence-electron chi connectivity index (χ4n) is 1.20. The third-order valence-corrected chi connectivity index (χ3v) is 1.89. The minimum absolute atomic E-state index is 0.000324. The highest BCUT2D eigenvalue weighted by Gasteiger charge is 2.13. The highest BCUT2D eigenvalue weighted by molar-refractivity contribution is 5.67. The summed E-state index contributed by atoms with van der Waals surface area (Å²) < 4.78 is 0. The summed E-state index contributed by atoms with van der Waals surface area (Å²) in [5.74, 6) is -0.793. The first-order chi connectivity index (χ1) is 5.61. The van der Waals surface area contributed by atoms with Crippen LogP contribution in [-0.4, -0.2) is 46.8 Å². The van der Waals surface area contributed by atoms with Crippen LogP contribution in [0.25, 0.3) is 0 Å². The Labute approximate surface area is 72.8 Å². The average molecular weight is 175 g/mol. The lowest BCUT2D eigenvalue weighted by Crippen LogP contribution is -2.36. The number of rotatable bonds is 6. The molecule has 0 spiro atoms. The van der Waals surface area contributed by atoms with Crippen molar-refractivity contribution in [3.8, 4) is 0 Å². The van der Waals surface area contributed by atoms with Gasteiger partial charge in [0.15, 0.2) is 0 Å². The molecule has 1 atom stereocenters. The Kier molecular flexibility index (Phi) is 5.66. The zero-order chi connectivity index (χ0) is 9.56. The number of likely N-dealkylation sites (N-methyl/N-ethyl adjacent to an activating group) is 1. The van der Waals surface area contributed by atoms with Crippen LogP contribution >= 0.6 is 0 Å². The first kappa shape index (κ1) is 11.4. The normalized spacial score (nSPS) is 13.3. The summed E-state index contributed by atoms with van der Waals surface area (Å²) in [5.41, 5.74) is 0. The maximum atomic E-state index is 10.3. The van der Waals surface area contributed by atoms with Crippen molar-refractivity contribution in [2.45, 2.75) is 26.3 Å². The molecule has 0 aliphatic heterocycles. The predicted octanol–water partition coefficient (Wildman–Crippen LogP) is 0.164. The van der Waals surface area contributed by atoms with E-state index < -0.39 is 5.97 Å². The fraction of sp³-hybridized carbons (Fsp3) is 0.875. The lowest BCUT2D eigenvalue weighted by molar-refractivity contribution is -0.138. The summed E-state index contributed by atoms with van der Waals surface area (Å²) in [5, 5.41) is 17.2. The predicted molar refractivity (Wildman–Crippen MR) is 46.0 cm³/mol. The largest absolute Gasteiger partial charge is 0.481 e. The van der Waals surface area contributed by atoms with E-state index in [0.29, 0.717) is 6.54 Å². The Hall–Kier alpha value is -0.610. The van der Waals surface area contributed by atoms with E-state index in [-0.39, 0.29) is 19.1 Å². The summed E-state index contributed by atoms with van der Waals surface area (Å²) in [7, 11) is 0. The molecule has 0 aliphatic carbocycles. The van der Waals surface area contributed by atoms with Gasteiger partial charge in [0.25, 0.3) is 0 Å². The molecule has 0 bridgehead atoms. The minimum atomic E-state index is -0.793. The molecule has 1 unspecified atom stereocenters. The van der Waals surface area contributed by atoms with E-state index in [9.17, 15) is 4.79 Å². The molecule has 0 heterocycles. The van der Waals surface area contributed by atoms with E-state index in [1.54, 1.807) is 0 Å². The lowest BCUT2D eigenvalue weighted by atomic mass is 10.2. The molecule has 72 valence electrons. The van der Waals surface area contributed by atoms with Crippen LogP contribution in [-0.2, 0) is 4.79 Å². The number of carbonyl (C=O) groups is 1. The van der Waals surface area contributed by atoms with Gasteiger partial charge in [0.05, 0.1) is 13.0 Å². The second-order valence-corrected chi connectivity index (χ2v) is 2.80. The molecule has 0 radical (unpaired) electrons. The summed E-state index contributed by atoms with van der Waals surface area (Å²) in [4.78, 5) is 12.3. The van der Waals surface area contributed by atoms with Gasteiger partial charge >= 0.3 is 5.97 Å². The van der Waals surface area contributed by atoms with Gasteiger partial charge in [-0.05, 0) is 13.5 Å². The van der Waals surface area contributed by atoms with E-state index in [1.165, 1.54) is 0 Å². The van der Waals surface area contributed by atoms with Crippen molar-refractivity contribution < 1.29 is 15.0 Å². The number of carboxylic acid groups (broad SMARTS) is 1. The number of aliphatic hydroxyl groups excluding tert-OH is 1. The van der Waals surface area contributed by atoms with Crippen molar-refractivity contribution in [2.24, 2.45) is 0 Å². The zero-order valence-electron chi connectivity index (χ0n) is 7.66. The topological polar surface area (TPSA) is 60.8 Å². The average Bonchev–Trinajstić information content (AvgIpc) is 1.98. The monoisotopic (exact) mass is 175 g/mol. The molecule has 0 fully saturated rings. The SMILES string of the molecule is CCN(CCO)C(C)CC(=O)O. The molecule has 0 aromatic carbocycles. The third kappa shape index (κ3) is 4.31. The van der Waals surface area contributed by atoms with E-state index in [0.717, 1.165) is 6.54 Å². The van der Waals surface area contributed by atoms with E-state index in [4.69, 9.17) is 10.2 Å². The smallest absolute Gasteiger partial charge is 0.304 e. The van der Waals surface area contributed by atoms with E-state index in [2.05, 4.69) is 0 Å². The van der Waals surface area contributed by atoms with Gasteiger partial charge in [-0.2, -0.15) is 0 Å². The number of hydrogen-bond acceptors (Lipinski definition) is 3. The number of hydrogen-bond donors (Lipinski definition) is 2. The number of aliphatic hydroxyl groups is 1.